The van der Waals surface area contributed by atoms with Crippen LogP contribution in [0.3, 0.4) is 0 Å². The van der Waals surface area contributed by atoms with E-state index in [1.165, 1.54) is 6.07 Å². The molecule has 66 valence electrons. The molecule has 0 aliphatic heterocycles. The van der Waals surface area contributed by atoms with Gasteiger partial charge in [0.05, 0.1) is 4.47 Å². The van der Waals surface area contributed by atoms with E-state index in [1.807, 2.05) is 13.1 Å². The van der Waals surface area contributed by atoms with Crippen LogP contribution in [-0.2, 0) is 6.42 Å². The summed E-state index contributed by atoms with van der Waals surface area (Å²) in [6.45, 7) is 0.915. The summed E-state index contributed by atoms with van der Waals surface area (Å²) in [5, 5.41) is 3.04. The van der Waals surface area contributed by atoms with Crippen molar-refractivity contribution in [1.82, 2.24) is 5.32 Å². The molecule has 1 N–H and O–H groups in total. The minimum Gasteiger partial charge on any atom is -0.319 e. The maximum atomic E-state index is 12.8. The van der Waals surface area contributed by atoms with Crippen molar-refractivity contribution in [3.63, 3.8) is 0 Å². The van der Waals surface area contributed by atoms with E-state index in [1.54, 1.807) is 6.07 Å². The van der Waals surface area contributed by atoms with Crippen molar-refractivity contribution in [2.75, 3.05) is 13.6 Å². The van der Waals surface area contributed by atoms with Crippen molar-refractivity contribution in [3.8, 4) is 0 Å². The molecule has 0 atom stereocenters. The third-order valence-electron chi connectivity index (χ3n) is 1.65. The molecule has 1 aromatic rings. The smallest absolute Gasteiger partial charge is 0.137 e. The summed E-state index contributed by atoms with van der Waals surface area (Å²) in [6, 6.07) is 5.10. The van der Waals surface area contributed by atoms with Crippen LogP contribution < -0.4 is 5.32 Å². The van der Waals surface area contributed by atoms with Crippen LogP contribution in [0.4, 0.5) is 4.39 Å². The summed E-state index contributed by atoms with van der Waals surface area (Å²) < 4.78 is 13.3. The van der Waals surface area contributed by atoms with Gasteiger partial charge in [0.1, 0.15) is 5.82 Å². The second kappa shape index (κ2) is 4.58. The normalized spacial score (nSPS) is 10.2. The van der Waals surface area contributed by atoms with Crippen LogP contribution in [0.5, 0.6) is 0 Å². The van der Waals surface area contributed by atoms with Crippen LogP contribution in [0.2, 0.25) is 0 Å². The molecule has 0 heterocycles. The second-order valence-corrected chi connectivity index (χ2v) is 3.46. The molecule has 0 fully saturated rings. The van der Waals surface area contributed by atoms with Crippen LogP contribution in [0.15, 0.2) is 22.7 Å². The van der Waals surface area contributed by atoms with Crippen LogP contribution in [0.1, 0.15) is 5.56 Å². The van der Waals surface area contributed by atoms with E-state index in [-0.39, 0.29) is 5.82 Å². The van der Waals surface area contributed by atoms with E-state index in [2.05, 4.69) is 21.2 Å². The average Bonchev–Trinajstić information content (AvgIpc) is 2.07. The van der Waals surface area contributed by atoms with E-state index < -0.39 is 0 Å². The molecule has 0 aliphatic rings. The van der Waals surface area contributed by atoms with Gasteiger partial charge in [-0.15, -0.1) is 0 Å². The van der Waals surface area contributed by atoms with Crippen LogP contribution in [-0.4, -0.2) is 13.6 Å². The third-order valence-corrected chi connectivity index (χ3v) is 2.26. The van der Waals surface area contributed by atoms with Gasteiger partial charge < -0.3 is 5.32 Å². The number of hydrogen-bond acceptors (Lipinski definition) is 1. The van der Waals surface area contributed by atoms with Crippen molar-refractivity contribution < 1.29 is 4.39 Å². The van der Waals surface area contributed by atoms with Gasteiger partial charge >= 0.3 is 0 Å². The number of rotatable bonds is 3. The van der Waals surface area contributed by atoms with Crippen molar-refractivity contribution >= 4 is 15.9 Å². The predicted octanol–water partition coefficient (Wildman–Crippen LogP) is 2.35. The summed E-state index contributed by atoms with van der Waals surface area (Å²) in [7, 11) is 1.90. The number of hydrogen-bond donors (Lipinski definition) is 1. The molecule has 0 amide bonds. The Balaban J connectivity index is 2.69. The fourth-order valence-electron chi connectivity index (χ4n) is 0.964. The standard InChI is InChI=1S/C9H11BrFN/c1-12-5-4-7-2-3-9(11)8(10)6-7/h2-3,6,12H,4-5H2,1H3. The lowest BCUT2D eigenvalue weighted by molar-refractivity contribution is 0.620. The molecule has 0 aliphatic carbocycles. The first-order valence-corrected chi connectivity index (χ1v) is 4.62. The first kappa shape index (κ1) is 9.68. The van der Waals surface area contributed by atoms with Gasteiger partial charge in [0.25, 0.3) is 0 Å². The van der Waals surface area contributed by atoms with Gasteiger partial charge in [0, 0.05) is 0 Å². The minimum atomic E-state index is -0.205. The van der Waals surface area contributed by atoms with E-state index in [0.717, 1.165) is 18.5 Å². The Morgan fingerprint density at radius 3 is 2.83 bits per heavy atom. The zero-order valence-corrected chi connectivity index (χ0v) is 8.49. The van der Waals surface area contributed by atoms with Gasteiger partial charge in [-0.1, -0.05) is 6.07 Å². The Morgan fingerprint density at radius 1 is 1.50 bits per heavy atom. The molecule has 1 nitrogen and oxygen atoms in total. The number of likely N-dealkylation sites (N-methyl/N-ethyl adjacent to an activating group) is 1. The molecular weight excluding hydrogens is 221 g/mol. The highest BCUT2D eigenvalue weighted by Crippen LogP contribution is 2.16. The number of halogens is 2. The lowest BCUT2D eigenvalue weighted by Crippen LogP contribution is -2.10. The van der Waals surface area contributed by atoms with Crippen molar-refractivity contribution in [2.24, 2.45) is 0 Å². The maximum absolute atomic E-state index is 12.8. The second-order valence-electron chi connectivity index (χ2n) is 2.60. The summed E-state index contributed by atoms with van der Waals surface area (Å²) in [6.07, 6.45) is 0.926. The quantitative estimate of drug-likeness (QED) is 0.843. The van der Waals surface area contributed by atoms with Crippen molar-refractivity contribution in [1.29, 1.82) is 0 Å². The average molecular weight is 232 g/mol. The maximum Gasteiger partial charge on any atom is 0.137 e. The Kier molecular flexibility index (Phi) is 3.69. The molecule has 1 rings (SSSR count). The highest BCUT2D eigenvalue weighted by molar-refractivity contribution is 9.10. The SMILES string of the molecule is CNCCc1ccc(F)c(Br)c1. The first-order chi connectivity index (χ1) is 5.74. The van der Waals surface area contributed by atoms with Gasteiger partial charge in [0.15, 0.2) is 0 Å². The first-order valence-electron chi connectivity index (χ1n) is 3.82. The summed E-state index contributed by atoms with van der Waals surface area (Å²) in [4.78, 5) is 0. The Hall–Kier alpha value is -0.410. The number of nitrogens with one attached hydrogen (secondary N) is 1. The monoisotopic (exact) mass is 231 g/mol. The molecule has 1 aromatic carbocycles. The fraction of sp³-hybridized carbons (Fsp3) is 0.333. The van der Waals surface area contributed by atoms with Gasteiger partial charge in [-0.25, -0.2) is 4.39 Å². The molecule has 0 saturated heterocycles. The van der Waals surface area contributed by atoms with Gasteiger partial charge in [-0.2, -0.15) is 0 Å². The predicted molar refractivity (Wildman–Crippen MR) is 51.7 cm³/mol. The molecule has 0 saturated carbocycles. The topological polar surface area (TPSA) is 12.0 Å². The summed E-state index contributed by atoms with van der Waals surface area (Å²) in [5.41, 5.74) is 1.14. The fourth-order valence-corrected chi connectivity index (χ4v) is 1.39. The molecule has 0 aromatic heterocycles. The molecule has 0 unspecified atom stereocenters. The number of benzene rings is 1. The van der Waals surface area contributed by atoms with E-state index >= 15 is 0 Å². The zero-order valence-electron chi connectivity index (χ0n) is 6.90. The molecule has 0 spiro atoms. The van der Waals surface area contributed by atoms with Crippen LogP contribution >= 0.6 is 15.9 Å². The molecule has 3 heteroatoms. The van der Waals surface area contributed by atoms with E-state index in [4.69, 9.17) is 0 Å². The summed E-state index contributed by atoms with van der Waals surface area (Å²) in [5.74, 6) is -0.205. The molecule has 12 heavy (non-hydrogen) atoms. The highest BCUT2D eigenvalue weighted by Gasteiger charge is 1.99. The van der Waals surface area contributed by atoms with E-state index in [0.29, 0.717) is 4.47 Å². The largest absolute Gasteiger partial charge is 0.319 e. The molecule has 0 radical (unpaired) electrons. The van der Waals surface area contributed by atoms with Gasteiger partial charge in [-0.05, 0) is 53.6 Å². The third kappa shape index (κ3) is 2.57. The lowest BCUT2D eigenvalue weighted by atomic mass is 10.1. The molecular formula is C9H11BrFN. The van der Waals surface area contributed by atoms with E-state index in [9.17, 15) is 4.39 Å². The lowest BCUT2D eigenvalue weighted by Gasteiger charge is -2.01. The summed E-state index contributed by atoms with van der Waals surface area (Å²) >= 11 is 3.14. The van der Waals surface area contributed by atoms with Gasteiger partial charge in [0.2, 0.25) is 0 Å². The van der Waals surface area contributed by atoms with Gasteiger partial charge in [-0.3, -0.25) is 0 Å². The Bertz CT molecular complexity index is 263. The Labute approximate surface area is 80.1 Å². The minimum absolute atomic E-state index is 0.205. The van der Waals surface area contributed by atoms with Crippen LogP contribution in [0, 0.1) is 5.82 Å². The molecule has 0 bridgehead atoms. The highest BCUT2D eigenvalue weighted by atomic mass is 79.9. The van der Waals surface area contributed by atoms with Crippen molar-refractivity contribution in [2.45, 2.75) is 6.42 Å². The zero-order chi connectivity index (χ0) is 8.97. The Morgan fingerprint density at radius 2 is 2.25 bits per heavy atom. The van der Waals surface area contributed by atoms with Crippen LogP contribution in [0.25, 0.3) is 0 Å². The van der Waals surface area contributed by atoms with Crippen molar-refractivity contribution in [3.05, 3.63) is 34.1 Å².